The van der Waals surface area contributed by atoms with Crippen LogP contribution in [0.25, 0.3) is 0 Å². The molecular weight excluding hydrogens is 220 g/mol. The van der Waals surface area contributed by atoms with Gasteiger partial charge >= 0.3 is 11.9 Å². The van der Waals surface area contributed by atoms with Gasteiger partial charge in [0.25, 0.3) is 0 Å². The van der Waals surface area contributed by atoms with Crippen molar-refractivity contribution >= 4 is 11.9 Å². The highest BCUT2D eigenvalue weighted by atomic mass is 16.5. The molecule has 0 spiro atoms. The predicted octanol–water partition coefficient (Wildman–Crippen LogP) is 1.71. The van der Waals surface area contributed by atoms with E-state index < -0.39 is 17.8 Å². The summed E-state index contributed by atoms with van der Waals surface area (Å²) in [5, 5.41) is 9.19. The van der Waals surface area contributed by atoms with Crippen molar-refractivity contribution in [2.24, 2.45) is 29.6 Å². The van der Waals surface area contributed by atoms with Gasteiger partial charge in [0.2, 0.25) is 0 Å². The van der Waals surface area contributed by atoms with Gasteiger partial charge in [-0.1, -0.05) is 26.0 Å². The number of hydrogen-bond acceptors (Lipinski definition) is 3. The van der Waals surface area contributed by atoms with Crippen LogP contribution in [0.15, 0.2) is 12.2 Å². The smallest absolute Gasteiger partial charge is 0.310 e. The number of hydrogen-bond donors (Lipinski definition) is 1. The van der Waals surface area contributed by atoms with Crippen LogP contribution in [0.2, 0.25) is 0 Å². The summed E-state index contributed by atoms with van der Waals surface area (Å²) in [6.07, 6.45) is 4.67. The molecule has 2 rings (SSSR count). The number of ether oxygens (including phenoxy) is 1. The number of aliphatic carboxylic acids is 1. The summed E-state index contributed by atoms with van der Waals surface area (Å²) in [7, 11) is 0. The lowest BCUT2D eigenvalue weighted by molar-refractivity contribution is -0.159. The Balaban J connectivity index is 2.06. The Morgan fingerprint density at radius 1 is 1.29 bits per heavy atom. The Hall–Kier alpha value is -1.32. The Morgan fingerprint density at radius 2 is 1.88 bits per heavy atom. The summed E-state index contributed by atoms with van der Waals surface area (Å²) in [6.45, 7) is 4.29. The zero-order valence-electron chi connectivity index (χ0n) is 10.1. The lowest BCUT2D eigenvalue weighted by Gasteiger charge is -2.23. The molecule has 2 aliphatic rings. The number of carbonyl (C=O) groups is 2. The SMILES string of the molecule is CC(C)COC(=O)[C@@H]1[C@@H](C(=O)O)[C@H]2C=C[C@@H]1C2. The molecule has 0 heterocycles. The topological polar surface area (TPSA) is 63.6 Å². The monoisotopic (exact) mass is 238 g/mol. The first kappa shape index (κ1) is 12.1. The van der Waals surface area contributed by atoms with Gasteiger partial charge in [-0.05, 0) is 24.2 Å². The summed E-state index contributed by atoms with van der Waals surface area (Å²) in [5.74, 6) is -1.96. The molecule has 1 saturated carbocycles. The van der Waals surface area contributed by atoms with E-state index in [0.717, 1.165) is 6.42 Å². The third kappa shape index (κ3) is 2.21. The molecule has 94 valence electrons. The van der Waals surface area contributed by atoms with Crippen LogP contribution in [-0.2, 0) is 14.3 Å². The van der Waals surface area contributed by atoms with Gasteiger partial charge in [0.1, 0.15) is 0 Å². The van der Waals surface area contributed by atoms with Crippen LogP contribution >= 0.6 is 0 Å². The molecule has 2 bridgehead atoms. The quantitative estimate of drug-likeness (QED) is 0.598. The highest BCUT2D eigenvalue weighted by Crippen LogP contribution is 2.48. The van der Waals surface area contributed by atoms with Crippen LogP contribution in [-0.4, -0.2) is 23.7 Å². The second-order valence-electron chi connectivity index (χ2n) is 5.36. The van der Waals surface area contributed by atoms with Crippen molar-refractivity contribution in [3.05, 3.63) is 12.2 Å². The largest absolute Gasteiger partial charge is 0.481 e. The Kier molecular flexibility index (Phi) is 3.22. The zero-order valence-corrected chi connectivity index (χ0v) is 10.1. The van der Waals surface area contributed by atoms with E-state index in [9.17, 15) is 14.7 Å². The van der Waals surface area contributed by atoms with Gasteiger partial charge < -0.3 is 9.84 Å². The van der Waals surface area contributed by atoms with Gasteiger partial charge in [-0.3, -0.25) is 9.59 Å². The summed E-state index contributed by atoms with van der Waals surface area (Å²) in [5.41, 5.74) is 0. The van der Waals surface area contributed by atoms with Crippen molar-refractivity contribution in [3.8, 4) is 0 Å². The molecule has 0 amide bonds. The van der Waals surface area contributed by atoms with Crippen molar-refractivity contribution in [2.45, 2.75) is 20.3 Å². The summed E-state index contributed by atoms with van der Waals surface area (Å²) >= 11 is 0. The molecule has 4 heteroatoms. The number of rotatable bonds is 4. The maximum Gasteiger partial charge on any atom is 0.310 e. The molecule has 17 heavy (non-hydrogen) atoms. The molecule has 0 aliphatic heterocycles. The first-order valence-electron chi connectivity index (χ1n) is 6.08. The van der Waals surface area contributed by atoms with Crippen LogP contribution in [0, 0.1) is 29.6 Å². The second-order valence-corrected chi connectivity index (χ2v) is 5.36. The third-order valence-electron chi connectivity index (χ3n) is 3.58. The fourth-order valence-corrected chi connectivity index (χ4v) is 2.83. The van der Waals surface area contributed by atoms with Crippen LogP contribution in [0.4, 0.5) is 0 Å². The summed E-state index contributed by atoms with van der Waals surface area (Å²) in [6, 6.07) is 0. The number of carbonyl (C=O) groups excluding carboxylic acids is 1. The van der Waals surface area contributed by atoms with E-state index in [2.05, 4.69) is 0 Å². The number of esters is 1. The Labute approximate surface area is 101 Å². The molecule has 0 aromatic rings. The van der Waals surface area contributed by atoms with Crippen LogP contribution in [0.1, 0.15) is 20.3 Å². The second kappa shape index (κ2) is 4.51. The van der Waals surface area contributed by atoms with Gasteiger partial charge in [-0.25, -0.2) is 0 Å². The fourth-order valence-electron chi connectivity index (χ4n) is 2.83. The highest BCUT2D eigenvalue weighted by molar-refractivity contribution is 5.83. The number of carboxylic acid groups (broad SMARTS) is 1. The van der Waals surface area contributed by atoms with E-state index in [1.165, 1.54) is 0 Å². The third-order valence-corrected chi connectivity index (χ3v) is 3.58. The minimum absolute atomic E-state index is 0.00843. The van der Waals surface area contributed by atoms with Crippen molar-refractivity contribution in [3.63, 3.8) is 0 Å². The molecule has 0 unspecified atom stereocenters. The molecule has 0 aromatic heterocycles. The van der Waals surface area contributed by atoms with E-state index in [4.69, 9.17) is 4.74 Å². The Morgan fingerprint density at radius 3 is 2.41 bits per heavy atom. The number of carboxylic acids is 1. The zero-order chi connectivity index (χ0) is 12.6. The normalized spacial score (nSPS) is 34.3. The molecule has 4 nitrogen and oxygen atoms in total. The lowest BCUT2D eigenvalue weighted by atomic mass is 9.83. The van der Waals surface area contributed by atoms with E-state index in [-0.39, 0.29) is 23.7 Å². The molecule has 0 aromatic carbocycles. The molecule has 1 N–H and O–H groups in total. The van der Waals surface area contributed by atoms with Crippen LogP contribution in [0.5, 0.6) is 0 Å². The van der Waals surface area contributed by atoms with Crippen molar-refractivity contribution in [1.29, 1.82) is 0 Å². The van der Waals surface area contributed by atoms with Gasteiger partial charge in [0.15, 0.2) is 0 Å². The Bertz CT molecular complexity index is 358. The number of allylic oxidation sites excluding steroid dienone is 2. The minimum Gasteiger partial charge on any atom is -0.481 e. The molecule has 0 saturated heterocycles. The maximum atomic E-state index is 11.9. The minimum atomic E-state index is -0.881. The van der Waals surface area contributed by atoms with Gasteiger partial charge in [0, 0.05) is 0 Å². The molecule has 1 fully saturated rings. The summed E-state index contributed by atoms with van der Waals surface area (Å²) < 4.78 is 5.18. The molecule has 0 radical (unpaired) electrons. The van der Waals surface area contributed by atoms with Gasteiger partial charge in [-0.15, -0.1) is 0 Å². The fraction of sp³-hybridized carbons (Fsp3) is 0.692. The molecular formula is C13H18O4. The maximum absolute atomic E-state index is 11.9. The lowest BCUT2D eigenvalue weighted by Crippen LogP contribution is -2.34. The van der Waals surface area contributed by atoms with E-state index >= 15 is 0 Å². The standard InChI is InChI=1S/C13H18O4/c1-7(2)6-17-13(16)11-9-4-3-8(5-9)10(11)12(14)15/h3-4,7-11H,5-6H2,1-2H3,(H,14,15)/t8-,9+,10-,11-/m0/s1. The van der Waals surface area contributed by atoms with Crippen LogP contribution < -0.4 is 0 Å². The number of fused-ring (bicyclic) bond motifs is 2. The van der Waals surface area contributed by atoms with Crippen molar-refractivity contribution in [2.75, 3.05) is 6.61 Å². The van der Waals surface area contributed by atoms with Crippen molar-refractivity contribution < 1.29 is 19.4 Å². The van der Waals surface area contributed by atoms with Crippen molar-refractivity contribution in [1.82, 2.24) is 0 Å². The van der Waals surface area contributed by atoms with Gasteiger partial charge in [0.05, 0.1) is 18.4 Å². The molecule has 2 aliphatic carbocycles. The predicted molar refractivity (Wildman–Crippen MR) is 61.1 cm³/mol. The first-order valence-corrected chi connectivity index (χ1v) is 6.08. The highest BCUT2D eigenvalue weighted by Gasteiger charge is 2.52. The van der Waals surface area contributed by atoms with Gasteiger partial charge in [-0.2, -0.15) is 0 Å². The average molecular weight is 238 g/mol. The molecule has 4 atom stereocenters. The first-order chi connectivity index (χ1) is 8.00. The van der Waals surface area contributed by atoms with E-state index in [1.54, 1.807) is 0 Å². The van der Waals surface area contributed by atoms with Crippen LogP contribution in [0.3, 0.4) is 0 Å². The van der Waals surface area contributed by atoms with E-state index in [1.807, 2.05) is 26.0 Å². The average Bonchev–Trinajstić information content (AvgIpc) is 2.84. The van der Waals surface area contributed by atoms with E-state index in [0.29, 0.717) is 6.61 Å². The summed E-state index contributed by atoms with van der Waals surface area (Å²) in [4.78, 5) is 23.1.